The summed E-state index contributed by atoms with van der Waals surface area (Å²) in [6.07, 6.45) is 5.48. The lowest BCUT2D eigenvalue weighted by molar-refractivity contribution is 1.23. The standard InChI is InChI=1S/C9H11BrS2/c1-3-4-8(11-2)9-7(10)5-6-12-9/h4-6H,3H2,1-2H3/b8-4-. The Morgan fingerprint density at radius 3 is 2.92 bits per heavy atom. The molecular weight excluding hydrogens is 252 g/mol. The second kappa shape index (κ2) is 5.10. The van der Waals surface area contributed by atoms with Gasteiger partial charge in [-0.3, -0.25) is 0 Å². The molecule has 66 valence electrons. The molecule has 0 spiro atoms. The highest BCUT2D eigenvalue weighted by atomic mass is 79.9. The number of thiophene rings is 1. The highest BCUT2D eigenvalue weighted by Gasteiger charge is 2.05. The first kappa shape index (κ1) is 10.4. The van der Waals surface area contributed by atoms with Gasteiger partial charge < -0.3 is 0 Å². The Labute approximate surface area is 90.2 Å². The predicted octanol–water partition coefficient (Wildman–Crippen LogP) is 4.62. The van der Waals surface area contributed by atoms with Crippen LogP contribution < -0.4 is 0 Å². The fourth-order valence-electron chi connectivity index (χ4n) is 0.924. The third-order valence-corrected chi connectivity index (χ3v) is 4.26. The Morgan fingerprint density at radius 1 is 1.75 bits per heavy atom. The average molecular weight is 263 g/mol. The van der Waals surface area contributed by atoms with Crippen molar-refractivity contribution in [3.8, 4) is 0 Å². The van der Waals surface area contributed by atoms with Crippen LogP contribution in [0.2, 0.25) is 0 Å². The summed E-state index contributed by atoms with van der Waals surface area (Å²) in [7, 11) is 0. The zero-order chi connectivity index (χ0) is 8.97. The molecule has 0 amide bonds. The molecule has 1 rings (SSSR count). The van der Waals surface area contributed by atoms with Crippen LogP contribution in [0.4, 0.5) is 0 Å². The van der Waals surface area contributed by atoms with E-state index < -0.39 is 0 Å². The Bertz CT molecular complexity index is 276. The fraction of sp³-hybridized carbons (Fsp3) is 0.333. The van der Waals surface area contributed by atoms with Gasteiger partial charge in [0.1, 0.15) is 0 Å². The van der Waals surface area contributed by atoms with Gasteiger partial charge in [0.25, 0.3) is 0 Å². The van der Waals surface area contributed by atoms with Gasteiger partial charge in [0.05, 0.1) is 4.88 Å². The number of rotatable bonds is 3. The van der Waals surface area contributed by atoms with Gasteiger partial charge in [-0.2, -0.15) is 0 Å². The maximum absolute atomic E-state index is 3.53. The molecule has 0 aromatic carbocycles. The minimum absolute atomic E-state index is 1.10. The van der Waals surface area contributed by atoms with Crippen LogP contribution in [0.25, 0.3) is 4.91 Å². The van der Waals surface area contributed by atoms with Gasteiger partial charge in [-0.05, 0) is 40.1 Å². The second-order valence-electron chi connectivity index (χ2n) is 2.28. The lowest BCUT2D eigenvalue weighted by atomic mass is 10.3. The number of allylic oxidation sites excluding steroid dienone is 1. The fourth-order valence-corrected chi connectivity index (χ4v) is 3.60. The lowest BCUT2D eigenvalue weighted by Crippen LogP contribution is -1.73. The molecule has 1 heterocycles. The maximum atomic E-state index is 3.53. The molecule has 0 N–H and O–H groups in total. The molecule has 0 unspecified atom stereocenters. The molecule has 0 aliphatic rings. The smallest absolute Gasteiger partial charge is 0.0544 e. The summed E-state index contributed by atoms with van der Waals surface area (Å²) in [5, 5.41) is 2.11. The minimum atomic E-state index is 1.10. The molecule has 12 heavy (non-hydrogen) atoms. The summed E-state index contributed by atoms with van der Waals surface area (Å²) in [4.78, 5) is 2.73. The van der Waals surface area contributed by atoms with Gasteiger partial charge in [0.2, 0.25) is 0 Å². The van der Waals surface area contributed by atoms with E-state index in [0.717, 1.165) is 6.42 Å². The van der Waals surface area contributed by atoms with Crippen LogP contribution in [0.1, 0.15) is 18.2 Å². The van der Waals surface area contributed by atoms with Crippen LogP contribution in [0.15, 0.2) is 22.0 Å². The summed E-state index contributed by atoms with van der Waals surface area (Å²) in [5.41, 5.74) is 0. The first-order valence-electron chi connectivity index (χ1n) is 3.77. The van der Waals surface area contributed by atoms with Crippen molar-refractivity contribution >= 4 is 43.9 Å². The zero-order valence-corrected chi connectivity index (χ0v) is 10.4. The molecular formula is C9H11BrS2. The van der Waals surface area contributed by atoms with E-state index in [1.807, 2.05) is 11.8 Å². The van der Waals surface area contributed by atoms with E-state index in [0.29, 0.717) is 0 Å². The SMILES string of the molecule is CC/C=C(\SC)c1sccc1Br. The second-order valence-corrected chi connectivity index (χ2v) is 4.90. The van der Waals surface area contributed by atoms with Crippen LogP contribution in [0, 0.1) is 0 Å². The molecule has 0 radical (unpaired) electrons. The summed E-state index contributed by atoms with van der Waals surface area (Å²) < 4.78 is 1.21. The quantitative estimate of drug-likeness (QED) is 0.766. The largest absolute Gasteiger partial charge is 0.142 e. The minimum Gasteiger partial charge on any atom is -0.142 e. The Morgan fingerprint density at radius 2 is 2.50 bits per heavy atom. The van der Waals surface area contributed by atoms with Crippen molar-refractivity contribution in [2.45, 2.75) is 13.3 Å². The van der Waals surface area contributed by atoms with Gasteiger partial charge in [-0.15, -0.1) is 23.1 Å². The molecule has 0 saturated carbocycles. The Hall–Kier alpha value is 0.270. The van der Waals surface area contributed by atoms with Gasteiger partial charge >= 0.3 is 0 Å². The van der Waals surface area contributed by atoms with Crippen molar-refractivity contribution in [2.75, 3.05) is 6.26 Å². The van der Waals surface area contributed by atoms with Gasteiger partial charge in [0, 0.05) is 9.38 Å². The van der Waals surface area contributed by atoms with E-state index in [9.17, 15) is 0 Å². The number of halogens is 1. The highest BCUT2D eigenvalue weighted by molar-refractivity contribution is 9.10. The van der Waals surface area contributed by atoms with Gasteiger partial charge in [-0.25, -0.2) is 0 Å². The molecule has 0 saturated heterocycles. The Kier molecular flexibility index (Phi) is 4.40. The van der Waals surface area contributed by atoms with Crippen LogP contribution in [-0.4, -0.2) is 6.26 Å². The average Bonchev–Trinajstić information content (AvgIpc) is 2.47. The van der Waals surface area contributed by atoms with E-state index in [4.69, 9.17) is 0 Å². The van der Waals surface area contributed by atoms with E-state index in [-0.39, 0.29) is 0 Å². The first-order chi connectivity index (χ1) is 5.79. The van der Waals surface area contributed by atoms with E-state index in [1.54, 1.807) is 11.3 Å². The number of hydrogen-bond acceptors (Lipinski definition) is 2. The molecule has 0 fully saturated rings. The van der Waals surface area contributed by atoms with Crippen molar-refractivity contribution in [3.05, 3.63) is 26.9 Å². The van der Waals surface area contributed by atoms with Crippen LogP contribution >= 0.6 is 39.0 Å². The summed E-state index contributed by atoms with van der Waals surface area (Å²) in [6, 6.07) is 2.10. The molecule has 0 bridgehead atoms. The zero-order valence-electron chi connectivity index (χ0n) is 7.13. The Balaban J connectivity index is 2.95. The highest BCUT2D eigenvalue weighted by Crippen LogP contribution is 2.35. The van der Waals surface area contributed by atoms with Crippen molar-refractivity contribution in [3.63, 3.8) is 0 Å². The lowest BCUT2D eigenvalue weighted by Gasteiger charge is -2.00. The van der Waals surface area contributed by atoms with Crippen LogP contribution in [0.5, 0.6) is 0 Å². The topological polar surface area (TPSA) is 0 Å². The normalized spacial score (nSPS) is 12.1. The van der Waals surface area contributed by atoms with E-state index in [1.165, 1.54) is 14.3 Å². The summed E-state index contributed by atoms with van der Waals surface area (Å²) >= 11 is 7.13. The molecule has 1 aromatic heterocycles. The third kappa shape index (κ3) is 2.38. The van der Waals surface area contributed by atoms with Crippen molar-refractivity contribution < 1.29 is 0 Å². The predicted molar refractivity (Wildman–Crippen MR) is 63.8 cm³/mol. The van der Waals surface area contributed by atoms with Crippen LogP contribution in [-0.2, 0) is 0 Å². The van der Waals surface area contributed by atoms with E-state index in [2.05, 4.69) is 46.6 Å². The molecule has 1 aromatic rings. The molecule has 0 nitrogen and oxygen atoms in total. The van der Waals surface area contributed by atoms with Gasteiger partial charge in [0.15, 0.2) is 0 Å². The molecule has 0 aliphatic carbocycles. The first-order valence-corrected chi connectivity index (χ1v) is 6.66. The summed E-state index contributed by atoms with van der Waals surface area (Å²) in [5.74, 6) is 0. The summed E-state index contributed by atoms with van der Waals surface area (Å²) in [6.45, 7) is 2.16. The molecule has 0 atom stereocenters. The molecule has 0 aliphatic heterocycles. The van der Waals surface area contributed by atoms with Crippen molar-refractivity contribution in [1.29, 1.82) is 0 Å². The van der Waals surface area contributed by atoms with E-state index >= 15 is 0 Å². The number of hydrogen-bond donors (Lipinski definition) is 0. The van der Waals surface area contributed by atoms with Gasteiger partial charge in [-0.1, -0.05) is 13.0 Å². The number of thioether (sulfide) groups is 1. The van der Waals surface area contributed by atoms with Crippen LogP contribution in [0.3, 0.4) is 0 Å². The third-order valence-electron chi connectivity index (χ3n) is 1.45. The monoisotopic (exact) mass is 262 g/mol. The molecule has 3 heteroatoms. The maximum Gasteiger partial charge on any atom is 0.0544 e. The van der Waals surface area contributed by atoms with Crippen molar-refractivity contribution in [2.24, 2.45) is 0 Å². The van der Waals surface area contributed by atoms with Crippen molar-refractivity contribution in [1.82, 2.24) is 0 Å².